The highest BCUT2D eigenvalue weighted by molar-refractivity contribution is 6.00. The van der Waals surface area contributed by atoms with E-state index in [1.54, 1.807) is 29.2 Å². The summed E-state index contributed by atoms with van der Waals surface area (Å²) in [4.78, 5) is 37.8. The van der Waals surface area contributed by atoms with E-state index in [1.165, 1.54) is 18.9 Å². The number of benzene rings is 1. The second-order valence-electron chi connectivity index (χ2n) is 5.13. The van der Waals surface area contributed by atoms with Crippen LogP contribution in [0.1, 0.15) is 30.1 Å². The Balaban J connectivity index is 2.22. The van der Waals surface area contributed by atoms with Crippen molar-refractivity contribution in [2.24, 2.45) is 0 Å². The smallest absolute Gasteiger partial charge is 0.326 e. The number of carboxylic acid groups (broad SMARTS) is 1. The number of aliphatic carboxylic acids is 1. The van der Waals surface area contributed by atoms with Crippen LogP contribution in [0.4, 0.5) is 5.69 Å². The minimum Gasteiger partial charge on any atom is -0.480 e. The molecule has 6 heteroatoms. The predicted molar refractivity (Wildman–Crippen MR) is 77.2 cm³/mol. The molecule has 1 aromatic rings. The predicted octanol–water partition coefficient (Wildman–Crippen LogP) is 1.36. The van der Waals surface area contributed by atoms with Crippen LogP contribution in [0.5, 0.6) is 0 Å². The first-order valence-corrected chi connectivity index (χ1v) is 6.82. The molecule has 1 aliphatic rings. The van der Waals surface area contributed by atoms with Crippen LogP contribution in [-0.4, -0.2) is 47.4 Å². The van der Waals surface area contributed by atoms with Crippen LogP contribution in [0.2, 0.25) is 0 Å². The molecule has 0 bridgehead atoms. The summed E-state index contributed by atoms with van der Waals surface area (Å²) in [6, 6.07) is 5.83. The maximum absolute atomic E-state index is 12.3. The van der Waals surface area contributed by atoms with Crippen LogP contribution in [0, 0.1) is 0 Å². The van der Waals surface area contributed by atoms with Gasteiger partial charge in [0, 0.05) is 31.3 Å². The number of likely N-dealkylation sites (N-methyl/N-ethyl adjacent to an activating group) is 1. The summed E-state index contributed by atoms with van der Waals surface area (Å²) >= 11 is 0. The molecule has 1 N–H and O–H groups in total. The molecule has 0 aliphatic carbocycles. The van der Waals surface area contributed by atoms with Gasteiger partial charge in [-0.2, -0.15) is 0 Å². The van der Waals surface area contributed by atoms with E-state index in [0.29, 0.717) is 24.2 Å². The summed E-state index contributed by atoms with van der Waals surface area (Å²) < 4.78 is 0. The van der Waals surface area contributed by atoms with Crippen LogP contribution >= 0.6 is 0 Å². The molecule has 1 aromatic carbocycles. The highest BCUT2D eigenvalue weighted by atomic mass is 16.4. The van der Waals surface area contributed by atoms with Crippen molar-refractivity contribution in [3.05, 3.63) is 29.8 Å². The molecule has 2 amide bonds. The lowest BCUT2D eigenvalue weighted by Crippen LogP contribution is -2.40. The number of amides is 2. The van der Waals surface area contributed by atoms with Gasteiger partial charge >= 0.3 is 5.97 Å². The van der Waals surface area contributed by atoms with Gasteiger partial charge in [0.25, 0.3) is 5.91 Å². The first-order valence-electron chi connectivity index (χ1n) is 6.82. The van der Waals surface area contributed by atoms with E-state index in [2.05, 4.69) is 0 Å². The van der Waals surface area contributed by atoms with Crippen molar-refractivity contribution in [2.45, 2.75) is 25.8 Å². The molecule has 0 unspecified atom stereocenters. The lowest BCUT2D eigenvalue weighted by atomic mass is 10.1. The largest absolute Gasteiger partial charge is 0.480 e. The van der Waals surface area contributed by atoms with Crippen molar-refractivity contribution in [2.75, 3.05) is 18.5 Å². The number of rotatable bonds is 4. The number of carbonyl (C=O) groups excluding carboxylic acids is 2. The molecule has 0 radical (unpaired) electrons. The Hall–Kier alpha value is -2.37. The zero-order chi connectivity index (χ0) is 15.6. The van der Waals surface area contributed by atoms with E-state index in [-0.39, 0.29) is 11.8 Å². The van der Waals surface area contributed by atoms with E-state index < -0.39 is 12.0 Å². The third-order valence-electron chi connectivity index (χ3n) is 3.74. The Morgan fingerprint density at radius 1 is 1.38 bits per heavy atom. The summed E-state index contributed by atoms with van der Waals surface area (Å²) in [5.41, 5.74) is 1.06. The average Bonchev–Trinajstić information content (AvgIpc) is 2.91. The Kier molecular flexibility index (Phi) is 4.26. The van der Waals surface area contributed by atoms with Crippen molar-refractivity contribution < 1.29 is 19.5 Å². The summed E-state index contributed by atoms with van der Waals surface area (Å²) in [7, 11) is 1.45. The summed E-state index contributed by atoms with van der Waals surface area (Å²) in [5.74, 6) is -1.39. The Morgan fingerprint density at radius 3 is 2.67 bits per heavy atom. The van der Waals surface area contributed by atoms with E-state index in [1.807, 2.05) is 0 Å². The van der Waals surface area contributed by atoms with Gasteiger partial charge in [-0.05, 0) is 31.5 Å². The fourth-order valence-electron chi connectivity index (χ4n) is 2.27. The van der Waals surface area contributed by atoms with Gasteiger partial charge in [0.05, 0.1) is 0 Å². The molecule has 1 saturated heterocycles. The number of carbonyl (C=O) groups is 3. The molecule has 2 rings (SSSR count). The molecular formula is C15H18N2O4. The maximum atomic E-state index is 12.3. The van der Waals surface area contributed by atoms with Crippen molar-refractivity contribution >= 4 is 23.5 Å². The third-order valence-corrected chi connectivity index (χ3v) is 3.74. The van der Waals surface area contributed by atoms with Crippen molar-refractivity contribution in [1.82, 2.24) is 4.90 Å². The fraction of sp³-hybridized carbons (Fsp3) is 0.400. The highest BCUT2D eigenvalue weighted by Gasteiger charge is 2.25. The van der Waals surface area contributed by atoms with Crippen LogP contribution < -0.4 is 4.90 Å². The third kappa shape index (κ3) is 3.04. The summed E-state index contributed by atoms with van der Waals surface area (Å²) in [5, 5.41) is 8.96. The van der Waals surface area contributed by atoms with Gasteiger partial charge < -0.3 is 14.9 Å². The van der Waals surface area contributed by atoms with Gasteiger partial charge in [0.15, 0.2) is 0 Å². The van der Waals surface area contributed by atoms with Crippen molar-refractivity contribution in [1.29, 1.82) is 0 Å². The number of carboxylic acids is 1. The molecule has 1 fully saturated rings. The normalized spacial score (nSPS) is 15.9. The van der Waals surface area contributed by atoms with Crippen LogP contribution in [0.3, 0.4) is 0 Å². The van der Waals surface area contributed by atoms with Crippen molar-refractivity contribution in [3.63, 3.8) is 0 Å². The minimum absolute atomic E-state index is 0.0480. The molecular weight excluding hydrogens is 272 g/mol. The fourth-order valence-corrected chi connectivity index (χ4v) is 2.27. The monoisotopic (exact) mass is 290 g/mol. The Bertz CT molecular complexity index is 585. The standard InChI is InChI=1S/C15H18N2O4/c1-10(15(20)21)16(2)14(19)11-5-3-6-12(9-11)17-8-4-7-13(17)18/h3,5-6,9-10H,4,7-8H2,1-2H3,(H,20,21)/t10-/m1/s1. The molecule has 6 nitrogen and oxygen atoms in total. The summed E-state index contributed by atoms with van der Waals surface area (Å²) in [6.07, 6.45) is 1.33. The SMILES string of the molecule is C[C@H](C(=O)O)N(C)C(=O)c1cccc(N2CCCC2=O)c1. The summed E-state index contributed by atoms with van der Waals surface area (Å²) in [6.45, 7) is 2.10. The van der Waals surface area contributed by atoms with E-state index in [9.17, 15) is 14.4 Å². The molecule has 0 spiro atoms. The number of hydrogen-bond acceptors (Lipinski definition) is 3. The Labute approximate surface area is 123 Å². The highest BCUT2D eigenvalue weighted by Crippen LogP contribution is 2.23. The van der Waals surface area contributed by atoms with E-state index >= 15 is 0 Å². The number of nitrogens with zero attached hydrogens (tertiary/aromatic N) is 2. The van der Waals surface area contributed by atoms with Gasteiger partial charge in [-0.1, -0.05) is 6.07 Å². The van der Waals surface area contributed by atoms with Crippen LogP contribution in [0.25, 0.3) is 0 Å². The molecule has 0 aromatic heterocycles. The molecule has 1 atom stereocenters. The minimum atomic E-state index is -1.06. The van der Waals surface area contributed by atoms with E-state index in [0.717, 1.165) is 6.42 Å². The van der Waals surface area contributed by atoms with Gasteiger partial charge in [-0.15, -0.1) is 0 Å². The van der Waals surface area contributed by atoms with Crippen LogP contribution in [0.15, 0.2) is 24.3 Å². The van der Waals surface area contributed by atoms with Gasteiger partial charge in [-0.25, -0.2) is 4.79 Å². The lowest BCUT2D eigenvalue weighted by Gasteiger charge is -2.22. The average molecular weight is 290 g/mol. The van der Waals surface area contributed by atoms with Gasteiger partial charge in [0.1, 0.15) is 6.04 Å². The second-order valence-corrected chi connectivity index (χ2v) is 5.13. The van der Waals surface area contributed by atoms with Crippen molar-refractivity contribution in [3.8, 4) is 0 Å². The van der Waals surface area contributed by atoms with Gasteiger partial charge in [-0.3, -0.25) is 9.59 Å². The molecule has 0 saturated carbocycles. The topological polar surface area (TPSA) is 77.9 Å². The maximum Gasteiger partial charge on any atom is 0.326 e. The second kappa shape index (κ2) is 5.95. The quantitative estimate of drug-likeness (QED) is 0.908. The zero-order valence-electron chi connectivity index (χ0n) is 12.1. The lowest BCUT2D eigenvalue weighted by molar-refractivity contribution is -0.141. The molecule has 21 heavy (non-hydrogen) atoms. The molecule has 1 heterocycles. The van der Waals surface area contributed by atoms with Gasteiger partial charge in [0.2, 0.25) is 5.91 Å². The Morgan fingerprint density at radius 2 is 2.10 bits per heavy atom. The van der Waals surface area contributed by atoms with E-state index in [4.69, 9.17) is 5.11 Å². The molecule has 112 valence electrons. The van der Waals surface area contributed by atoms with Crippen LogP contribution in [-0.2, 0) is 9.59 Å². The first kappa shape index (κ1) is 15.0. The number of hydrogen-bond donors (Lipinski definition) is 1. The first-order chi connectivity index (χ1) is 9.91. The zero-order valence-corrected chi connectivity index (χ0v) is 12.1. The molecule has 1 aliphatic heterocycles. The number of anilines is 1.